The second kappa shape index (κ2) is 8.27. The van der Waals surface area contributed by atoms with Crippen molar-refractivity contribution in [3.8, 4) is 5.75 Å². The first kappa shape index (κ1) is 18.4. The van der Waals surface area contributed by atoms with Crippen molar-refractivity contribution >= 4 is 17.8 Å². The maximum atomic E-state index is 12.3. The van der Waals surface area contributed by atoms with Crippen LogP contribution in [0.3, 0.4) is 0 Å². The third-order valence-electron chi connectivity index (χ3n) is 3.29. The van der Waals surface area contributed by atoms with Crippen LogP contribution in [-0.2, 0) is 6.54 Å². The van der Waals surface area contributed by atoms with Gasteiger partial charge in [-0.05, 0) is 31.2 Å². The molecule has 134 valence electrons. The van der Waals surface area contributed by atoms with Gasteiger partial charge in [0.1, 0.15) is 5.75 Å². The van der Waals surface area contributed by atoms with E-state index in [1.54, 1.807) is 34.1 Å². The van der Waals surface area contributed by atoms with E-state index in [1.807, 2.05) is 35.1 Å². The van der Waals surface area contributed by atoms with Crippen LogP contribution < -0.4 is 19.9 Å². The number of amides is 1. The molecule has 1 amide bonds. The number of ether oxygens (including phenoxy) is 1. The molecule has 8 heteroatoms. The summed E-state index contributed by atoms with van der Waals surface area (Å²) in [5.74, 6) is 2.14. The average Bonchev–Trinajstić information content (AvgIpc) is 2.60. The Labute approximate surface area is 147 Å². The highest BCUT2D eigenvalue weighted by molar-refractivity contribution is 5.94. The van der Waals surface area contributed by atoms with Gasteiger partial charge in [0.15, 0.2) is 5.82 Å². The first-order valence-corrected chi connectivity index (χ1v) is 8.01. The van der Waals surface area contributed by atoms with E-state index in [9.17, 15) is 4.79 Å². The molecule has 1 aromatic carbocycles. The van der Waals surface area contributed by atoms with Crippen LogP contribution in [0.5, 0.6) is 5.75 Å². The number of nitrogens with zero attached hydrogens (tertiary/aromatic N) is 5. The summed E-state index contributed by atoms with van der Waals surface area (Å²) in [5.41, 5.74) is 0.554. The summed E-state index contributed by atoms with van der Waals surface area (Å²) in [5, 5.41) is 2.83. The zero-order valence-electron chi connectivity index (χ0n) is 15.3. The maximum Gasteiger partial charge on any atom is 0.251 e. The first-order valence-electron chi connectivity index (χ1n) is 8.01. The molecule has 0 aliphatic carbocycles. The Balaban J connectivity index is 2.08. The Morgan fingerprint density at radius 3 is 2.04 bits per heavy atom. The predicted octanol–water partition coefficient (Wildman–Crippen LogP) is 1.33. The topological polar surface area (TPSA) is 83.5 Å². The Morgan fingerprint density at radius 1 is 1.00 bits per heavy atom. The summed E-state index contributed by atoms with van der Waals surface area (Å²) in [7, 11) is 7.43. The molecular formula is C17H24N6O2. The second-order valence-electron chi connectivity index (χ2n) is 5.78. The number of aromatic nitrogens is 3. The summed E-state index contributed by atoms with van der Waals surface area (Å²) in [6, 6.07) is 7.00. The van der Waals surface area contributed by atoms with Crippen molar-refractivity contribution in [1.82, 2.24) is 20.3 Å². The maximum absolute atomic E-state index is 12.3. The van der Waals surface area contributed by atoms with Crippen LogP contribution in [0.25, 0.3) is 0 Å². The molecule has 0 saturated heterocycles. The number of benzene rings is 1. The molecule has 0 bridgehead atoms. The van der Waals surface area contributed by atoms with E-state index in [0.717, 1.165) is 5.75 Å². The van der Waals surface area contributed by atoms with Gasteiger partial charge in [0, 0.05) is 33.8 Å². The first-order chi connectivity index (χ1) is 11.9. The zero-order chi connectivity index (χ0) is 18.4. The standard InChI is InChI=1S/C17H24N6O2/c1-6-25-13-9-7-12(8-10-13)15(24)18-11-14-19-16(22(2)3)21-17(20-14)23(4)5/h7-10H,6,11H2,1-5H3,(H,18,24). The number of anilines is 2. The molecule has 2 rings (SSSR count). The van der Waals surface area contributed by atoms with Crippen molar-refractivity contribution in [1.29, 1.82) is 0 Å². The van der Waals surface area contributed by atoms with Crippen LogP contribution in [0, 0.1) is 0 Å². The van der Waals surface area contributed by atoms with E-state index in [4.69, 9.17) is 4.74 Å². The number of carbonyl (C=O) groups is 1. The Kier molecular flexibility index (Phi) is 6.10. The molecule has 1 aromatic heterocycles. The molecule has 0 fully saturated rings. The van der Waals surface area contributed by atoms with Gasteiger partial charge in [-0.1, -0.05) is 0 Å². The highest BCUT2D eigenvalue weighted by atomic mass is 16.5. The van der Waals surface area contributed by atoms with Gasteiger partial charge < -0.3 is 19.9 Å². The van der Waals surface area contributed by atoms with Crippen LogP contribution in [0.1, 0.15) is 23.1 Å². The largest absolute Gasteiger partial charge is 0.494 e. The zero-order valence-corrected chi connectivity index (χ0v) is 15.3. The lowest BCUT2D eigenvalue weighted by Gasteiger charge is -2.16. The van der Waals surface area contributed by atoms with E-state index in [0.29, 0.717) is 29.9 Å². The number of rotatable bonds is 7. The van der Waals surface area contributed by atoms with Crippen LogP contribution in [-0.4, -0.2) is 55.7 Å². The molecule has 0 aliphatic heterocycles. The molecule has 8 nitrogen and oxygen atoms in total. The van der Waals surface area contributed by atoms with Crippen molar-refractivity contribution in [2.24, 2.45) is 0 Å². The molecule has 0 atom stereocenters. The minimum atomic E-state index is -0.193. The average molecular weight is 344 g/mol. The van der Waals surface area contributed by atoms with Gasteiger partial charge in [-0.2, -0.15) is 15.0 Å². The molecule has 2 aromatic rings. The molecule has 0 saturated carbocycles. The third-order valence-corrected chi connectivity index (χ3v) is 3.29. The highest BCUT2D eigenvalue weighted by Crippen LogP contribution is 2.13. The fourth-order valence-corrected chi connectivity index (χ4v) is 2.00. The molecular weight excluding hydrogens is 320 g/mol. The lowest BCUT2D eigenvalue weighted by Crippen LogP contribution is -2.26. The van der Waals surface area contributed by atoms with Crippen LogP contribution in [0.4, 0.5) is 11.9 Å². The summed E-state index contributed by atoms with van der Waals surface area (Å²) >= 11 is 0. The summed E-state index contributed by atoms with van der Waals surface area (Å²) in [4.78, 5) is 28.9. The van der Waals surface area contributed by atoms with E-state index in [2.05, 4.69) is 20.3 Å². The SMILES string of the molecule is CCOc1ccc(C(=O)NCc2nc(N(C)C)nc(N(C)C)n2)cc1. The van der Waals surface area contributed by atoms with Crippen molar-refractivity contribution in [3.05, 3.63) is 35.7 Å². The fourth-order valence-electron chi connectivity index (χ4n) is 2.00. The van der Waals surface area contributed by atoms with Gasteiger partial charge in [-0.25, -0.2) is 0 Å². The van der Waals surface area contributed by atoms with Crippen molar-refractivity contribution in [3.63, 3.8) is 0 Å². The van der Waals surface area contributed by atoms with Gasteiger partial charge in [-0.15, -0.1) is 0 Å². The highest BCUT2D eigenvalue weighted by Gasteiger charge is 2.11. The second-order valence-corrected chi connectivity index (χ2v) is 5.78. The molecule has 0 radical (unpaired) electrons. The lowest BCUT2D eigenvalue weighted by atomic mass is 10.2. The quantitative estimate of drug-likeness (QED) is 0.811. The Hall–Kier alpha value is -2.90. The van der Waals surface area contributed by atoms with Crippen LogP contribution >= 0.6 is 0 Å². The number of hydrogen-bond donors (Lipinski definition) is 1. The van der Waals surface area contributed by atoms with Crippen molar-refractivity contribution in [2.45, 2.75) is 13.5 Å². The van der Waals surface area contributed by atoms with Crippen LogP contribution in [0.15, 0.2) is 24.3 Å². The van der Waals surface area contributed by atoms with Crippen molar-refractivity contribution < 1.29 is 9.53 Å². The number of hydrogen-bond acceptors (Lipinski definition) is 7. The van der Waals surface area contributed by atoms with E-state index in [1.165, 1.54) is 0 Å². The van der Waals surface area contributed by atoms with Gasteiger partial charge >= 0.3 is 0 Å². The van der Waals surface area contributed by atoms with Gasteiger partial charge in [-0.3, -0.25) is 4.79 Å². The Bertz CT molecular complexity index is 689. The van der Waals surface area contributed by atoms with E-state index >= 15 is 0 Å². The number of nitrogens with one attached hydrogen (secondary N) is 1. The molecule has 0 spiro atoms. The lowest BCUT2D eigenvalue weighted by molar-refractivity contribution is 0.0950. The van der Waals surface area contributed by atoms with Gasteiger partial charge in [0.2, 0.25) is 11.9 Å². The molecule has 25 heavy (non-hydrogen) atoms. The minimum absolute atomic E-state index is 0.193. The van der Waals surface area contributed by atoms with Gasteiger partial charge in [0.25, 0.3) is 5.91 Å². The smallest absolute Gasteiger partial charge is 0.251 e. The molecule has 1 N–H and O–H groups in total. The molecule has 0 unspecified atom stereocenters. The summed E-state index contributed by atoms with van der Waals surface area (Å²) in [6.07, 6.45) is 0. The monoisotopic (exact) mass is 344 g/mol. The van der Waals surface area contributed by atoms with Gasteiger partial charge in [0.05, 0.1) is 13.2 Å². The molecule has 1 heterocycles. The predicted molar refractivity (Wildman–Crippen MR) is 97.3 cm³/mol. The summed E-state index contributed by atoms with van der Waals surface area (Å²) in [6.45, 7) is 2.73. The minimum Gasteiger partial charge on any atom is -0.494 e. The Morgan fingerprint density at radius 2 is 1.56 bits per heavy atom. The van der Waals surface area contributed by atoms with E-state index in [-0.39, 0.29) is 12.5 Å². The summed E-state index contributed by atoms with van der Waals surface area (Å²) < 4.78 is 5.37. The normalized spacial score (nSPS) is 10.3. The van der Waals surface area contributed by atoms with Crippen molar-refractivity contribution in [2.75, 3.05) is 44.6 Å². The number of carbonyl (C=O) groups excluding carboxylic acids is 1. The van der Waals surface area contributed by atoms with E-state index < -0.39 is 0 Å². The molecule has 0 aliphatic rings. The van der Waals surface area contributed by atoms with Crippen LogP contribution in [0.2, 0.25) is 0 Å². The third kappa shape index (κ3) is 5.03. The fraction of sp³-hybridized carbons (Fsp3) is 0.412.